The summed E-state index contributed by atoms with van der Waals surface area (Å²) in [6.07, 6.45) is 70.1. The Balaban J connectivity index is 3.97. The average molecular weight is 1050 g/mol. The van der Waals surface area contributed by atoms with E-state index in [1.807, 2.05) is 21.1 Å². The van der Waals surface area contributed by atoms with Crippen molar-refractivity contribution in [2.24, 2.45) is 0 Å². The van der Waals surface area contributed by atoms with Crippen molar-refractivity contribution in [2.45, 2.75) is 353 Å². The van der Waals surface area contributed by atoms with Gasteiger partial charge < -0.3 is 19.8 Å². The SMILES string of the molecule is CCCCCCCCCCCCCC/C=C\CCCCCCCCCCCCCCCCCCCC(=O)NC(COP(=O)(O)OCC[N+](C)(C)C)C(O)CCCCCCCCCCCCCCCCCCCC. The van der Waals surface area contributed by atoms with Crippen molar-refractivity contribution in [2.75, 3.05) is 40.9 Å². The van der Waals surface area contributed by atoms with Gasteiger partial charge in [-0.05, 0) is 38.5 Å². The Labute approximate surface area is 456 Å². The second-order valence-electron chi connectivity index (χ2n) is 23.9. The van der Waals surface area contributed by atoms with E-state index in [1.54, 1.807) is 0 Å². The van der Waals surface area contributed by atoms with Crippen molar-refractivity contribution in [3.63, 3.8) is 0 Å². The fraction of sp³-hybridized carbons (Fsp3) is 0.953. The number of carbonyl (C=O) groups excluding carboxylic acids is 1. The molecule has 0 radical (unpaired) electrons. The molecule has 0 aliphatic rings. The summed E-state index contributed by atoms with van der Waals surface area (Å²) in [6.45, 7) is 4.95. The monoisotopic (exact) mass is 1050 g/mol. The van der Waals surface area contributed by atoms with Crippen LogP contribution in [0.25, 0.3) is 0 Å². The van der Waals surface area contributed by atoms with Crippen LogP contribution in [0.2, 0.25) is 0 Å². The van der Waals surface area contributed by atoms with E-state index in [2.05, 4.69) is 31.3 Å². The Morgan fingerprint density at radius 1 is 0.452 bits per heavy atom. The molecule has 3 N–H and O–H groups in total. The minimum Gasteiger partial charge on any atom is -0.391 e. The lowest BCUT2D eigenvalue weighted by atomic mass is 10.0. The van der Waals surface area contributed by atoms with Crippen LogP contribution in [0.3, 0.4) is 0 Å². The number of hydrogen-bond donors (Lipinski definition) is 3. The van der Waals surface area contributed by atoms with Crippen molar-refractivity contribution in [3.05, 3.63) is 12.2 Å². The lowest BCUT2D eigenvalue weighted by Gasteiger charge is -2.26. The summed E-state index contributed by atoms with van der Waals surface area (Å²) in [6, 6.07) is -0.757. The van der Waals surface area contributed by atoms with Crippen molar-refractivity contribution in [1.29, 1.82) is 0 Å². The number of aliphatic hydroxyl groups excluding tert-OH is 1. The third-order valence-electron chi connectivity index (χ3n) is 15.3. The Bertz CT molecular complexity index is 1200. The summed E-state index contributed by atoms with van der Waals surface area (Å²) >= 11 is 0. The molecule has 0 saturated heterocycles. The van der Waals surface area contributed by atoms with Crippen molar-refractivity contribution in [3.8, 4) is 0 Å². The fourth-order valence-electron chi connectivity index (χ4n) is 10.2. The van der Waals surface area contributed by atoms with Crippen LogP contribution in [0.5, 0.6) is 0 Å². The molecule has 8 nitrogen and oxygen atoms in total. The fourth-order valence-corrected chi connectivity index (χ4v) is 10.9. The zero-order valence-electron chi connectivity index (χ0n) is 49.9. The molecule has 0 aromatic heterocycles. The summed E-state index contributed by atoms with van der Waals surface area (Å²) < 4.78 is 23.8. The van der Waals surface area contributed by atoms with Gasteiger partial charge in [0, 0.05) is 6.42 Å². The molecule has 0 heterocycles. The topological polar surface area (TPSA) is 105 Å². The van der Waals surface area contributed by atoms with Gasteiger partial charge in [-0.1, -0.05) is 309 Å². The van der Waals surface area contributed by atoms with Gasteiger partial charge in [0.1, 0.15) is 13.2 Å². The lowest BCUT2D eigenvalue weighted by Crippen LogP contribution is -2.46. The molecule has 0 rings (SSSR count). The number of phosphoric acid groups is 1. The van der Waals surface area contributed by atoms with Gasteiger partial charge in [0.05, 0.1) is 39.9 Å². The zero-order chi connectivity index (χ0) is 53.5. The number of quaternary nitrogens is 1. The molecule has 73 heavy (non-hydrogen) atoms. The second kappa shape index (κ2) is 56.0. The van der Waals surface area contributed by atoms with E-state index in [0.29, 0.717) is 23.9 Å². The number of allylic oxidation sites excluding steroid dienone is 2. The normalized spacial score (nSPS) is 13.8. The van der Waals surface area contributed by atoms with Crippen LogP contribution in [-0.4, -0.2) is 73.4 Å². The molecule has 0 bridgehead atoms. The van der Waals surface area contributed by atoms with Crippen molar-refractivity contribution < 1.29 is 32.9 Å². The van der Waals surface area contributed by atoms with E-state index in [0.717, 1.165) is 38.5 Å². The molecule has 0 aliphatic carbocycles. The molecule has 1 amide bonds. The maximum Gasteiger partial charge on any atom is 0.472 e. The molecule has 0 aromatic carbocycles. The first-order valence-corrected chi connectivity index (χ1v) is 34.0. The maximum absolute atomic E-state index is 13.0. The highest BCUT2D eigenvalue weighted by Crippen LogP contribution is 2.43. The minimum absolute atomic E-state index is 0.0780. The number of carbonyl (C=O) groups is 1. The number of amides is 1. The Kier molecular flexibility index (Phi) is 55.4. The third-order valence-corrected chi connectivity index (χ3v) is 16.2. The summed E-state index contributed by atoms with van der Waals surface area (Å²) in [4.78, 5) is 23.4. The van der Waals surface area contributed by atoms with Gasteiger partial charge in [-0.3, -0.25) is 13.8 Å². The molecule has 9 heteroatoms. The number of phosphoric ester groups is 1. The Morgan fingerprint density at radius 2 is 0.740 bits per heavy atom. The molecule has 0 spiro atoms. The summed E-state index contributed by atoms with van der Waals surface area (Å²) in [5, 5.41) is 14.1. The highest BCUT2D eigenvalue weighted by Gasteiger charge is 2.28. The van der Waals surface area contributed by atoms with Crippen LogP contribution < -0.4 is 5.32 Å². The molecule has 0 fully saturated rings. The van der Waals surface area contributed by atoms with Gasteiger partial charge in [-0.15, -0.1) is 0 Å². The van der Waals surface area contributed by atoms with E-state index >= 15 is 0 Å². The van der Waals surface area contributed by atoms with E-state index < -0.39 is 20.0 Å². The first kappa shape index (κ1) is 72.2. The first-order valence-electron chi connectivity index (χ1n) is 32.6. The molecule has 436 valence electrons. The number of nitrogens with one attached hydrogen (secondary N) is 1. The van der Waals surface area contributed by atoms with Crippen LogP contribution in [0.15, 0.2) is 12.2 Å². The van der Waals surface area contributed by atoms with Crippen LogP contribution in [-0.2, 0) is 18.4 Å². The Hall–Kier alpha value is -0.760. The standard InChI is InChI=1S/C64H129N2O6P/c1-6-8-10-12-14-16-18-20-22-24-26-27-28-29-30-31-32-33-34-35-36-37-38-39-40-42-44-46-48-50-52-54-56-58-64(68)65-62(61-72-73(69,70)71-60-59-66(3,4)5)63(67)57-55-53-51-49-47-45-43-41-25-23-21-19-17-15-13-11-9-7-2/h29-30,62-63,67H,6-28,31-61H2,1-5H3,(H-,65,68,69,70)/p+1/b30-29-. The van der Waals surface area contributed by atoms with Gasteiger partial charge in [0.15, 0.2) is 0 Å². The summed E-state index contributed by atoms with van der Waals surface area (Å²) in [5.41, 5.74) is 0. The van der Waals surface area contributed by atoms with Crippen LogP contribution in [0.4, 0.5) is 0 Å². The molecule has 3 atom stereocenters. The van der Waals surface area contributed by atoms with Crippen LogP contribution >= 0.6 is 7.82 Å². The van der Waals surface area contributed by atoms with Crippen LogP contribution in [0.1, 0.15) is 341 Å². The molecule has 0 aromatic rings. The van der Waals surface area contributed by atoms with Crippen molar-refractivity contribution >= 4 is 13.7 Å². The quantitative estimate of drug-likeness (QED) is 0.0243. The second-order valence-corrected chi connectivity index (χ2v) is 25.3. The van der Waals surface area contributed by atoms with Gasteiger partial charge in [0.2, 0.25) is 5.91 Å². The van der Waals surface area contributed by atoms with Gasteiger partial charge >= 0.3 is 7.82 Å². The Morgan fingerprint density at radius 3 is 1.05 bits per heavy atom. The third kappa shape index (κ3) is 58.8. The van der Waals surface area contributed by atoms with E-state index in [4.69, 9.17) is 9.05 Å². The molecule has 3 unspecified atom stereocenters. The molecular formula is C64H130N2O6P+. The largest absolute Gasteiger partial charge is 0.472 e. The lowest BCUT2D eigenvalue weighted by molar-refractivity contribution is -0.870. The number of rotatable bonds is 61. The minimum atomic E-state index is -4.32. The molecular weight excluding hydrogens is 924 g/mol. The molecule has 0 aliphatic heterocycles. The smallest absolute Gasteiger partial charge is 0.391 e. The first-order chi connectivity index (χ1) is 35.5. The van der Waals surface area contributed by atoms with Gasteiger partial charge in [0.25, 0.3) is 0 Å². The van der Waals surface area contributed by atoms with Gasteiger partial charge in [-0.2, -0.15) is 0 Å². The summed E-state index contributed by atoms with van der Waals surface area (Å²) in [7, 11) is 1.63. The van der Waals surface area contributed by atoms with E-state index in [9.17, 15) is 19.4 Å². The predicted octanol–water partition coefficient (Wildman–Crippen LogP) is 20.2. The zero-order valence-corrected chi connectivity index (χ0v) is 50.8. The number of unbranched alkanes of at least 4 members (excludes halogenated alkanes) is 46. The number of likely N-dealkylation sites (N-methyl/N-ethyl adjacent to an activating group) is 1. The van der Waals surface area contributed by atoms with E-state index in [-0.39, 0.29) is 19.1 Å². The predicted molar refractivity (Wildman–Crippen MR) is 319 cm³/mol. The number of aliphatic hydroxyl groups is 1. The average Bonchev–Trinajstić information content (AvgIpc) is 3.35. The van der Waals surface area contributed by atoms with E-state index in [1.165, 1.54) is 276 Å². The number of hydrogen-bond acceptors (Lipinski definition) is 5. The highest BCUT2D eigenvalue weighted by molar-refractivity contribution is 7.47. The highest BCUT2D eigenvalue weighted by atomic mass is 31.2. The number of nitrogens with zero attached hydrogens (tertiary/aromatic N) is 1. The van der Waals surface area contributed by atoms with Gasteiger partial charge in [-0.25, -0.2) is 4.57 Å². The summed E-state index contributed by atoms with van der Waals surface area (Å²) in [5.74, 6) is -0.137. The maximum atomic E-state index is 13.0. The van der Waals surface area contributed by atoms with Crippen LogP contribution in [0, 0.1) is 0 Å². The van der Waals surface area contributed by atoms with Crippen molar-refractivity contribution in [1.82, 2.24) is 5.32 Å². The molecule has 0 saturated carbocycles.